The van der Waals surface area contributed by atoms with Gasteiger partial charge in [0.2, 0.25) is 0 Å². The predicted octanol–water partition coefficient (Wildman–Crippen LogP) is 4.06. The Morgan fingerprint density at radius 3 is 2.00 bits per heavy atom. The van der Waals surface area contributed by atoms with Crippen LogP contribution in [0, 0.1) is 17.3 Å². The van der Waals surface area contributed by atoms with E-state index in [1.54, 1.807) is 0 Å². The highest BCUT2D eigenvalue weighted by Gasteiger charge is 2.33. The molecule has 1 N–H and O–H groups in total. The normalized spacial score (nSPS) is 33.3. The van der Waals surface area contributed by atoms with Crippen molar-refractivity contribution in [1.82, 2.24) is 10.2 Å². The molecule has 2 heteroatoms. The van der Waals surface area contributed by atoms with E-state index in [9.17, 15) is 0 Å². The third-order valence-electron chi connectivity index (χ3n) is 6.36. The summed E-state index contributed by atoms with van der Waals surface area (Å²) in [4.78, 5) is 2.81. The fourth-order valence-corrected chi connectivity index (χ4v) is 4.43. The van der Waals surface area contributed by atoms with Crippen molar-refractivity contribution in [3.8, 4) is 0 Å². The summed E-state index contributed by atoms with van der Waals surface area (Å²) in [6.07, 6.45) is 11.5. The molecule has 0 amide bonds. The van der Waals surface area contributed by atoms with Crippen molar-refractivity contribution in [1.29, 1.82) is 0 Å². The first-order valence-electron chi connectivity index (χ1n) is 9.50. The van der Waals surface area contributed by atoms with Crippen molar-refractivity contribution in [3.05, 3.63) is 0 Å². The Labute approximate surface area is 132 Å². The maximum atomic E-state index is 3.81. The average molecular weight is 293 g/mol. The Morgan fingerprint density at radius 2 is 1.48 bits per heavy atom. The average Bonchev–Trinajstić information content (AvgIpc) is 3.29. The number of nitrogens with one attached hydrogen (secondary N) is 1. The number of hydrogen-bond donors (Lipinski definition) is 1. The lowest BCUT2D eigenvalue weighted by atomic mass is 9.71. The Hall–Kier alpha value is -0.0800. The first-order chi connectivity index (χ1) is 10.0. The molecule has 0 aromatic rings. The van der Waals surface area contributed by atoms with Gasteiger partial charge in [-0.25, -0.2) is 0 Å². The van der Waals surface area contributed by atoms with Gasteiger partial charge >= 0.3 is 0 Å². The van der Waals surface area contributed by atoms with Crippen LogP contribution in [0.3, 0.4) is 0 Å². The quantitative estimate of drug-likeness (QED) is 0.841. The summed E-state index contributed by atoms with van der Waals surface area (Å²) >= 11 is 0. The molecule has 1 saturated heterocycles. The maximum Gasteiger partial charge on any atom is 0.00954 e. The van der Waals surface area contributed by atoms with E-state index in [0.717, 1.165) is 23.9 Å². The van der Waals surface area contributed by atoms with Gasteiger partial charge in [-0.15, -0.1) is 0 Å². The summed E-state index contributed by atoms with van der Waals surface area (Å²) in [7, 11) is 0. The number of hydrogen-bond acceptors (Lipinski definition) is 2. The summed E-state index contributed by atoms with van der Waals surface area (Å²) in [5.41, 5.74) is 0.519. The summed E-state index contributed by atoms with van der Waals surface area (Å²) < 4.78 is 0. The van der Waals surface area contributed by atoms with Crippen LogP contribution in [0.1, 0.15) is 72.1 Å². The molecule has 3 aliphatic rings. The zero-order valence-corrected chi connectivity index (χ0v) is 14.5. The number of piperidine rings is 1. The summed E-state index contributed by atoms with van der Waals surface area (Å²) in [6.45, 7) is 11.3. The summed E-state index contributed by atoms with van der Waals surface area (Å²) in [5, 5.41) is 3.81. The molecule has 3 rings (SSSR count). The highest BCUT2D eigenvalue weighted by molar-refractivity contribution is 4.88. The second-order valence-electron chi connectivity index (χ2n) is 9.03. The van der Waals surface area contributed by atoms with Gasteiger partial charge in [-0.1, -0.05) is 20.8 Å². The molecule has 2 nitrogen and oxygen atoms in total. The second kappa shape index (κ2) is 6.58. The molecule has 0 bridgehead atoms. The maximum absolute atomic E-state index is 3.81. The lowest BCUT2D eigenvalue weighted by Crippen LogP contribution is -2.48. The highest BCUT2D eigenvalue weighted by atomic mass is 15.2. The summed E-state index contributed by atoms with van der Waals surface area (Å²) in [6, 6.07) is 1.71. The number of nitrogens with zero attached hydrogens (tertiary/aromatic N) is 1. The van der Waals surface area contributed by atoms with Crippen LogP contribution < -0.4 is 5.32 Å². The molecule has 0 radical (unpaired) electrons. The molecule has 21 heavy (non-hydrogen) atoms. The third-order valence-corrected chi connectivity index (χ3v) is 6.36. The minimum atomic E-state index is 0.519. The molecule has 0 aromatic carbocycles. The Kier molecular flexibility index (Phi) is 4.95. The van der Waals surface area contributed by atoms with Gasteiger partial charge in [0, 0.05) is 12.1 Å². The van der Waals surface area contributed by atoms with Gasteiger partial charge < -0.3 is 10.2 Å². The SMILES string of the molecule is CC(C)(C)C1CCC(N2CCC(NCC3CC3)CC2)CC1. The van der Waals surface area contributed by atoms with Crippen LogP contribution in [0.25, 0.3) is 0 Å². The Morgan fingerprint density at radius 1 is 0.857 bits per heavy atom. The molecule has 0 aromatic heterocycles. The van der Waals surface area contributed by atoms with Gasteiger partial charge in [-0.2, -0.15) is 0 Å². The molecular formula is C19H36N2. The Balaban J connectivity index is 1.37. The standard InChI is InChI=1S/C19H36N2/c1-19(2,3)16-6-8-18(9-7-16)21-12-10-17(11-13-21)20-14-15-4-5-15/h15-18,20H,4-14H2,1-3H3. The van der Waals surface area contributed by atoms with Gasteiger partial charge in [0.25, 0.3) is 0 Å². The summed E-state index contributed by atoms with van der Waals surface area (Å²) in [5.74, 6) is 1.97. The number of rotatable bonds is 4. The van der Waals surface area contributed by atoms with Gasteiger partial charge in [0.05, 0.1) is 0 Å². The van der Waals surface area contributed by atoms with Crippen LogP contribution in [-0.2, 0) is 0 Å². The fourth-order valence-electron chi connectivity index (χ4n) is 4.43. The van der Waals surface area contributed by atoms with Gasteiger partial charge in [-0.3, -0.25) is 0 Å². The largest absolute Gasteiger partial charge is 0.314 e. The lowest BCUT2D eigenvalue weighted by molar-refractivity contribution is 0.0755. The molecule has 0 unspecified atom stereocenters. The monoisotopic (exact) mass is 292 g/mol. The fraction of sp³-hybridized carbons (Fsp3) is 1.00. The van der Waals surface area contributed by atoms with Crippen molar-refractivity contribution in [2.45, 2.75) is 84.2 Å². The van der Waals surface area contributed by atoms with Crippen molar-refractivity contribution in [2.75, 3.05) is 19.6 Å². The van der Waals surface area contributed by atoms with Crippen molar-refractivity contribution >= 4 is 0 Å². The van der Waals surface area contributed by atoms with Crippen molar-refractivity contribution in [3.63, 3.8) is 0 Å². The lowest BCUT2D eigenvalue weighted by Gasteiger charge is -2.43. The van der Waals surface area contributed by atoms with E-state index in [-0.39, 0.29) is 0 Å². The first-order valence-corrected chi connectivity index (χ1v) is 9.50. The van der Waals surface area contributed by atoms with Crippen LogP contribution in [0.4, 0.5) is 0 Å². The number of likely N-dealkylation sites (tertiary alicyclic amines) is 1. The Bertz CT molecular complexity index is 313. The molecule has 3 fully saturated rings. The van der Waals surface area contributed by atoms with E-state index < -0.39 is 0 Å². The van der Waals surface area contributed by atoms with Crippen LogP contribution in [0.2, 0.25) is 0 Å². The predicted molar refractivity (Wildman–Crippen MR) is 90.5 cm³/mol. The van der Waals surface area contributed by atoms with Crippen LogP contribution in [0.5, 0.6) is 0 Å². The van der Waals surface area contributed by atoms with E-state index in [1.165, 1.54) is 71.0 Å². The highest BCUT2D eigenvalue weighted by Crippen LogP contribution is 2.39. The molecule has 1 aliphatic heterocycles. The van der Waals surface area contributed by atoms with Crippen LogP contribution >= 0.6 is 0 Å². The second-order valence-corrected chi connectivity index (χ2v) is 9.03. The molecule has 0 spiro atoms. The van der Waals surface area contributed by atoms with E-state index in [1.807, 2.05) is 0 Å². The molecular weight excluding hydrogens is 256 g/mol. The minimum Gasteiger partial charge on any atom is -0.314 e. The molecule has 122 valence electrons. The molecule has 0 atom stereocenters. The zero-order valence-electron chi connectivity index (χ0n) is 14.5. The van der Waals surface area contributed by atoms with E-state index in [4.69, 9.17) is 0 Å². The van der Waals surface area contributed by atoms with Crippen LogP contribution in [-0.4, -0.2) is 36.6 Å². The van der Waals surface area contributed by atoms with Crippen LogP contribution in [0.15, 0.2) is 0 Å². The zero-order chi connectivity index (χ0) is 14.9. The van der Waals surface area contributed by atoms with E-state index >= 15 is 0 Å². The van der Waals surface area contributed by atoms with Crippen molar-refractivity contribution < 1.29 is 0 Å². The van der Waals surface area contributed by atoms with Gasteiger partial charge in [-0.05, 0) is 88.3 Å². The van der Waals surface area contributed by atoms with Gasteiger partial charge in [0.1, 0.15) is 0 Å². The molecule has 2 aliphatic carbocycles. The topological polar surface area (TPSA) is 15.3 Å². The smallest absolute Gasteiger partial charge is 0.00954 e. The molecule has 2 saturated carbocycles. The first kappa shape index (κ1) is 15.8. The minimum absolute atomic E-state index is 0.519. The van der Waals surface area contributed by atoms with Gasteiger partial charge in [0.15, 0.2) is 0 Å². The molecule has 1 heterocycles. The van der Waals surface area contributed by atoms with E-state index in [2.05, 4.69) is 31.0 Å². The van der Waals surface area contributed by atoms with E-state index in [0.29, 0.717) is 5.41 Å². The third kappa shape index (κ3) is 4.45. The van der Waals surface area contributed by atoms with Crippen molar-refractivity contribution in [2.24, 2.45) is 17.3 Å².